The average Bonchev–Trinajstić information content (AvgIpc) is 2.87. The molecule has 1 unspecified atom stereocenters. The summed E-state index contributed by atoms with van der Waals surface area (Å²) in [6, 6.07) is 8.25. The van der Waals surface area contributed by atoms with E-state index in [1.54, 1.807) is 0 Å². The van der Waals surface area contributed by atoms with Gasteiger partial charge in [-0.2, -0.15) is 4.98 Å². The van der Waals surface area contributed by atoms with Crippen molar-refractivity contribution in [2.45, 2.75) is 18.8 Å². The van der Waals surface area contributed by atoms with Crippen LogP contribution in [-0.4, -0.2) is 28.4 Å². The number of anilines is 1. The summed E-state index contributed by atoms with van der Waals surface area (Å²) >= 11 is 0. The van der Waals surface area contributed by atoms with Gasteiger partial charge in [-0.25, -0.2) is 0 Å². The molecule has 1 aliphatic heterocycles. The molecule has 2 N–H and O–H groups in total. The van der Waals surface area contributed by atoms with Crippen molar-refractivity contribution in [2.75, 3.05) is 18.5 Å². The van der Waals surface area contributed by atoms with Gasteiger partial charge in [0.2, 0.25) is 5.89 Å². The van der Waals surface area contributed by atoms with Gasteiger partial charge in [-0.3, -0.25) is 0 Å². The van der Waals surface area contributed by atoms with Crippen molar-refractivity contribution in [3.8, 4) is 0 Å². The molecule has 0 bridgehead atoms. The lowest BCUT2D eigenvalue weighted by molar-refractivity contribution is 0.292. The molecule has 2 heterocycles. The van der Waals surface area contributed by atoms with E-state index in [2.05, 4.69) is 27.6 Å². The first kappa shape index (κ1) is 11.2. The van der Waals surface area contributed by atoms with Crippen LogP contribution in [0.3, 0.4) is 0 Å². The third-order valence-corrected chi connectivity index (χ3v) is 3.19. The number of para-hydroxylation sites is 1. The highest BCUT2D eigenvalue weighted by atomic mass is 16.5. The second-order valence-corrected chi connectivity index (χ2v) is 4.46. The monoisotopic (exact) mass is 245 g/mol. The Balaban J connectivity index is 1.78. The summed E-state index contributed by atoms with van der Waals surface area (Å²) < 4.78 is 5.26. The Morgan fingerprint density at radius 1 is 1.39 bits per heavy atom. The topological polar surface area (TPSA) is 71.2 Å². The maximum atomic E-state index is 8.84. The Morgan fingerprint density at radius 2 is 2.28 bits per heavy atom. The first-order valence-corrected chi connectivity index (χ1v) is 6.12. The largest absolute Gasteiger partial charge is 0.396 e. The van der Waals surface area contributed by atoms with Crippen LogP contribution in [0.5, 0.6) is 0 Å². The number of benzene rings is 1. The van der Waals surface area contributed by atoms with Gasteiger partial charge in [0.15, 0.2) is 5.82 Å². The minimum Gasteiger partial charge on any atom is -0.396 e. The summed E-state index contributed by atoms with van der Waals surface area (Å²) in [5.74, 6) is 1.44. The molecular formula is C13H15N3O2. The number of nitrogens with zero attached hydrogens (tertiary/aromatic N) is 2. The number of fused-ring (bicyclic) bond motifs is 1. The van der Waals surface area contributed by atoms with E-state index < -0.39 is 0 Å². The average molecular weight is 245 g/mol. The van der Waals surface area contributed by atoms with Crippen LogP contribution in [0.15, 0.2) is 28.8 Å². The fourth-order valence-electron chi connectivity index (χ4n) is 2.25. The molecule has 5 nitrogen and oxygen atoms in total. The van der Waals surface area contributed by atoms with Crippen molar-refractivity contribution < 1.29 is 9.63 Å². The number of nitrogens with one attached hydrogen (secondary N) is 1. The van der Waals surface area contributed by atoms with Gasteiger partial charge in [0, 0.05) is 18.7 Å². The minimum absolute atomic E-state index is 0.0464. The van der Waals surface area contributed by atoms with Gasteiger partial charge >= 0.3 is 0 Å². The second kappa shape index (κ2) is 4.78. The van der Waals surface area contributed by atoms with E-state index in [4.69, 9.17) is 9.63 Å². The fourth-order valence-corrected chi connectivity index (χ4v) is 2.25. The standard InChI is InChI=1S/C13H15N3O2/c17-6-5-12-15-13(18-16-12)10-7-9-3-1-2-4-11(9)14-8-10/h1-4,10,14,17H,5-8H2. The van der Waals surface area contributed by atoms with Crippen LogP contribution >= 0.6 is 0 Å². The lowest BCUT2D eigenvalue weighted by Crippen LogP contribution is -2.21. The summed E-state index contributed by atoms with van der Waals surface area (Å²) in [6.45, 7) is 0.850. The molecule has 0 spiro atoms. The van der Waals surface area contributed by atoms with Crippen LogP contribution < -0.4 is 5.32 Å². The number of hydrogen-bond acceptors (Lipinski definition) is 5. The van der Waals surface area contributed by atoms with Gasteiger partial charge in [0.1, 0.15) is 0 Å². The molecule has 1 aromatic heterocycles. The van der Waals surface area contributed by atoms with Crippen molar-refractivity contribution in [2.24, 2.45) is 0 Å². The Bertz CT molecular complexity index is 539. The molecule has 18 heavy (non-hydrogen) atoms. The number of aliphatic hydroxyl groups is 1. The Kier molecular flexibility index (Phi) is 2.98. The Labute approximate surface area is 105 Å². The molecule has 0 amide bonds. The fraction of sp³-hybridized carbons (Fsp3) is 0.385. The summed E-state index contributed by atoms with van der Waals surface area (Å²) in [5.41, 5.74) is 2.46. The van der Waals surface area contributed by atoms with Gasteiger partial charge in [-0.05, 0) is 18.1 Å². The molecule has 0 radical (unpaired) electrons. The Hall–Kier alpha value is -1.88. The summed E-state index contributed by atoms with van der Waals surface area (Å²) in [4.78, 5) is 4.32. The SMILES string of the molecule is OCCc1noc(C2CNc3ccccc3C2)n1. The molecule has 0 fully saturated rings. The van der Waals surface area contributed by atoms with Gasteiger partial charge in [0.25, 0.3) is 0 Å². The van der Waals surface area contributed by atoms with E-state index in [0.29, 0.717) is 18.1 Å². The lowest BCUT2D eigenvalue weighted by atomic mass is 9.94. The summed E-state index contributed by atoms with van der Waals surface area (Å²) in [5, 5.41) is 16.1. The number of hydrogen-bond donors (Lipinski definition) is 2. The van der Waals surface area contributed by atoms with Crippen molar-refractivity contribution in [1.82, 2.24) is 10.1 Å². The van der Waals surface area contributed by atoms with Crippen LogP contribution in [-0.2, 0) is 12.8 Å². The third-order valence-electron chi connectivity index (χ3n) is 3.19. The van der Waals surface area contributed by atoms with Crippen molar-refractivity contribution in [1.29, 1.82) is 0 Å². The van der Waals surface area contributed by atoms with Crippen molar-refractivity contribution in [3.63, 3.8) is 0 Å². The minimum atomic E-state index is 0.0464. The molecule has 0 aliphatic carbocycles. The molecule has 1 atom stereocenters. The van der Waals surface area contributed by atoms with Gasteiger partial charge < -0.3 is 14.9 Å². The van der Waals surface area contributed by atoms with Gasteiger partial charge in [0.05, 0.1) is 12.5 Å². The lowest BCUT2D eigenvalue weighted by Gasteiger charge is -2.23. The molecule has 1 aliphatic rings. The highest BCUT2D eigenvalue weighted by Gasteiger charge is 2.24. The molecule has 0 saturated carbocycles. The number of rotatable bonds is 3. The highest BCUT2D eigenvalue weighted by Crippen LogP contribution is 2.29. The predicted octanol–water partition coefficient (Wildman–Crippen LogP) is 1.36. The van der Waals surface area contributed by atoms with Crippen LogP contribution in [0, 0.1) is 0 Å². The van der Waals surface area contributed by atoms with Crippen LogP contribution in [0.2, 0.25) is 0 Å². The van der Waals surface area contributed by atoms with Crippen LogP contribution in [0.25, 0.3) is 0 Å². The quantitative estimate of drug-likeness (QED) is 0.854. The first-order valence-electron chi connectivity index (χ1n) is 6.12. The maximum absolute atomic E-state index is 8.84. The Morgan fingerprint density at radius 3 is 3.17 bits per heavy atom. The zero-order chi connectivity index (χ0) is 12.4. The van der Waals surface area contributed by atoms with Crippen molar-refractivity contribution in [3.05, 3.63) is 41.5 Å². The molecule has 2 aromatic rings. The second-order valence-electron chi connectivity index (χ2n) is 4.46. The molecule has 3 rings (SSSR count). The molecule has 5 heteroatoms. The molecule has 0 saturated heterocycles. The van der Waals surface area contributed by atoms with Gasteiger partial charge in [-0.1, -0.05) is 23.4 Å². The maximum Gasteiger partial charge on any atom is 0.231 e. The van der Waals surface area contributed by atoms with Crippen LogP contribution in [0.4, 0.5) is 5.69 Å². The van der Waals surface area contributed by atoms with E-state index >= 15 is 0 Å². The summed E-state index contributed by atoms with van der Waals surface area (Å²) in [6.07, 6.45) is 1.35. The van der Waals surface area contributed by atoms with Gasteiger partial charge in [-0.15, -0.1) is 0 Å². The van der Waals surface area contributed by atoms with Crippen LogP contribution in [0.1, 0.15) is 23.2 Å². The third kappa shape index (κ3) is 2.09. The predicted molar refractivity (Wildman–Crippen MR) is 66.5 cm³/mol. The normalized spacial score (nSPS) is 18.2. The first-order chi connectivity index (χ1) is 8.86. The smallest absolute Gasteiger partial charge is 0.231 e. The highest BCUT2D eigenvalue weighted by molar-refractivity contribution is 5.53. The zero-order valence-corrected chi connectivity index (χ0v) is 9.97. The summed E-state index contributed by atoms with van der Waals surface area (Å²) in [7, 11) is 0. The van der Waals surface area contributed by atoms with E-state index in [1.165, 1.54) is 11.3 Å². The zero-order valence-electron chi connectivity index (χ0n) is 9.97. The molecule has 94 valence electrons. The van der Waals surface area contributed by atoms with E-state index in [-0.39, 0.29) is 12.5 Å². The molecular weight excluding hydrogens is 230 g/mol. The number of aromatic nitrogens is 2. The van der Waals surface area contributed by atoms with E-state index in [9.17, 15) is 0 Å². The van der Waals surface area contributed by atoms with Crippen molar-refractivity contribution >= 4 is 5.69 Å². The van der Waals surface area contributed by atoms with E-state index in [1.807, 2.05) is 12.1 Å². The molecule has 1 aromatic carbocycles. The number of aliphatic hydroxyl groups excluding tert-OH is 1. The van der Waals surface area contributed by atoms with E-state index in [0.717, 1.165) is 13.0 Å².